The second kappa shape index (κ2) is 27.2. The Kier molecular flexibility index (Phi) is 24.5. The summed E-state index contributed by atoms with van der Waals surface area (Å²) in [7, 11) is -63.3. The minimum absolute atomic E-state index is 1.62. The first kappa shape index (κ1) is 72.9. The zero-order valence-electron chi connectivity index (χ0n) is 37.8. The van der Waals surface area contributed by atoms with Crippen LogP contribution in [0.25, 0.3) is 0 Å². The van der Waals surface area contributed by atoms with Crippen molar-refractivity contribution in [1.29, 1.82) is 0 Å². The smallest absolute Gasteiger partial charge is 0.442 e. The zero-order valence-corrected chi connectivity index (χ0v) is 51.8. The molecule has 0 saturated heterocycles. The molecular formula is C29H14F34O8Si10. The van der Waals surface area contributed by atoms with E-state index in [0.29, 0.717) is 0 Å². The van der Waals surface area contributed by atoms with Gasteiger partial charge in [0.05, 0.1) is 10.4 Å². The van der Waals surface area contributed by atoms with Crippen LogP contribution >= 0.6 is 0 Å². The second-order valence-electron chi connectivity index (χ2n) is 13.9. The van der Waals surface area contributed by atoms with E-state index in [0.717, 1.165) is 0 Å². The third kappa shape index (κ3) is 13.1. The molecule has 0 spiro atoms. The molecule has 52 heteroatoms. The van der Waals surface area contributed by atoms with Gasteiger partial charge in [-0.3, -0.25) is 0 Å². The minimum atomic E-state index is -10.4. The van der Waals surface area contributed by atoms with Crippen molar-refractivity contribution in [1.82, 2.24) is 0 Å². The van der Waals surface area contributed by atoms with Crippen molar-refractivity contribution in [2.45, 2.75) is 5.67 Å². The molecule has 0 heterocycles. The molecule has 0 amide bonds. The van der Waals surface area contributed by atoms with Crippen molar-refractivity contribution < 1.29 is 182 Å². The van der Waals surface area contributed by atoms with Crippen LogP contribution in [-0.2, 0) is 32.9 Å². The van der Waals surface area contributed by atoms with E-state index in [9.17, 15) is 87.8 Å². The van der Waals surface area contributed by atoms with E-state index < -0.39 is 260 Å². The van der Waals surface area contributed by atoms with Crippen LogP contribution in [0.15, 0.2) is 92.2 Å². The van der Waals surface area contributed by atoms with Gasteiger partial charge in [0.1, 0.15) is 41.9 Å². The van der Waals surface area contributed by atoms with E-state index in [4.69, 9.17) is 8.23 Å². The monoisotopic (exact) mass is 1420 g/mol. The summed E-state index contributed by atoms with van der Waals surface area (Å²) in [6.45, 7) is 0. The van der Waals surface area contributed by atoms with E-state index in [2.05, 4.69) is 24.7 Å². The molecule has 456 valence electrons. The Labute approximate surface area is 441 Å². The standard InChI is InChI=1S/C29H14F34O8Si10/c30-2-4(32)8(36)12(9(37)5(2)33)76(64-72,65-73)1-77(66-74,22(56)14(40)41)68-80(13-10(38)6(34)3(31)7(35)11(13)39,69-78(23(57)15(42)43,24(58)16(44)45)25(59)17(46)47)71-81(67-75,29(63)21(54)55)70-79(26(60)18(48)49,27(61)19(50)51)28(62)20(52)53/h1H2,72-75H3. The Morgan fingerprint density at radius 1 is 0.272 bits per heavy atom. The molecule has 3 atom stereocenters. The summed E-state index contributed by atoms with van der Waals surface area (Å²) in [5.41, 5.74) is -41.9. The van der Waals surface area contributed by atoms with Gasteiger partial charge in [0.25, 0.3) is 0 Å². The van der Waals surface area contributed by atoms with Crippen molar-refractivity contribution in [3.63, 3.8) is 0 Å². The lowest BCUT2D eigenvalue weighted by Gasteiger charge is -2.46. The van der Waals surface area contributed by atoms with Crippen LogP contribution in [0.2, 0.25) is 5.67 Å². The van der Waals surface area contributed by atoms with Gasteiger partial charge >= 0.3 is 100 Å². The highest BCUT2D eigenvalue weighted by Crippen LogP contribution is 2.50. The molecule has 3 unspecified atom stereocenters. The van der Waals surface area contributed by atoms with Crippen LogP contribution in [0, 0.1) is 58.2 Å². The molecule has 0 fully saturated rings. The summed E-state index contributed by atoms with van der Waals surface area (Å²) < 4.78 is 547. The average molecular weight is 1420 g/mol. The molecule has 0 aromatic heterocycles. The van der Waals surface area contributed by atoms with Gasteiger partial charge < -0.3 is 32.9 Å². The van der Waals surface area contributed by atoms with Gasteiger partial charge in [-0.05, 0) is 0 Å². The normalized spacial score (nSPS) is 15.0. The van der Waals surface area contributed by atoms with E-state index in [1.165, 1.54) is 0 Å². The lowest BCUT2D eigenvalue weighted by Crippen LogP contribution is -2.76. The summed E-state index contributed by atoms with van der Waals surface area (Å²) in [5, 5.41) is -7.29. The Bertz CT molecular complexity index is 2880. The first-order chi connectivity index (χ1) is 37.0. The molecule has 0 radical (unpaired) electrons. The number of hydrogen-bond acceptors (Lipinski definition) is 8. The molecule has 2 rings (SSSR count). The van der Waals surface area contributed by atoms with Gasteiger partial charge in [0.2, 0.25) is 22.5 Å². The maximum absolute atomic E-state index is 16.8. The molecule has 0 bridgehead atoms. The molecule has 0 aliphatic carbocycles. The van der Waals surface area contributed by atoms with Crippen molar-refractivity contribution in [2.24, 2.45) is 0 Å². The fourth-order valence-electron chi connectivity index (χ4n) is 6.20. The van der Waals surface area contributed by atoms with Gasteiger partial charge in [-0.1, -0.05) is 0 Å². The van der Waals surface area contributed by atoms with E-state index in [1.54, 1.807) is 0 Å². The fraction of sp³-hybridized carbons (Fsp3) is 0.0345. The predicted octanol–water partition coefficient (Wildman–Crippen LogP) is 8.57. The van der Waals surface area contributed by atoms with Crippen molar-refractivity contribution >= 4 is 104 Å². The summed E-state index contributed by atoms with van der Waals surface area (Å²) in [6.07, 6.45) is -38.8. The second-order valence-corrected chi connectivity index (χ2v) is 37.6. The largest absolute Gasteiger partial charge is 0.545 e. The Hall–Kier alpha value is -4.17. The summed E-state index contributed by atoms with van der Waals surface area (Å²) in [5.74, 6) is -37.8. The van der Waals surface area contributed by atoms with Crippen molar-refractivity contribution in [2.75, 3.05) is 0 Å². The highest BCUT2D eigenvalue weighted by Gasteiger charge is 2.76. The van der Waals surface area contributed by atoms with Gasteiger partial charge in [0, 0.05) is 5.67 Å². The first-order valence-corrected chi connectivity index (χ1v) is 33.3. The minimum Gasteiger partial charge on any atom is -0.442 e. The Balaban J connectivity index is 4.27. The lowest BCUT2D eigenvalue weighted by atomic mass is 10.3. The van der Waals surface area contributed by atoms with E-state index in [1.807, 2.05) is 0 Å². The highest BCUT2D eigenvalue weighted by atomic mass is 28.5. The topological polar surface area (TPSA) is 73.8 Å². The molecular weight excluding hydrogens is 1400 g/mol. The maximum Gasteiger partial charge on any atom is 0.545 e. The quantitative estimate of drug-likeness (QED) is 0.0449. The van der Waals surface area contributed by atoms with Crippen LogP contribution in [0.5, 0.6) is 0 Å². The molecule has 2 aromatic rings. The van der Waals surface area contributed by atoms with Gasteiger partial charge in [-0.2, -0.15) is 70.2 Å². The van der Waals surface area contributed by atoms with Gasteiger partial charge in [0.15, 0.2) is 79.2 Å². The Morgan fingerprint density at radius 3 is 0.778 bits per heavy atom. The zero-order chi connectivity index (χ0) is 63.5. The number of hydrogen-bond donors (Lipinski definition) is 0. The third-order valence-corrected chi connectivity index (χ3v) is 41.4. The van der Waals surface area contributed by atoms with Crippen LogP contribution in [0.4, 0.5) is 149 Å². The molecule has 81 heavy (non-hydrogen) atoms. The molecule has 0 saturated carbocycles. The van der Waals surface area contributed by atoms with Crippen molar-refractivity contribution in [3.8, 4) is 0 Å². The molecule has 8 nitrogen and oxygen atoms in total. The molecule has 0 N–H and O–H groups in total. The first-order valence-electron chi connectivity index (χ1n) is 18.7. The van der Waals surface area contributed by atoms with Gasteiger partial charge in [-0.15, -0.1) is 0 Å². The summed E-state index contributed by atoms with van der Waals surface area (Å²) in [6, 6.07) is 0. The number of benzene rings is 2. The predicted molar refractivity (Wildman–Crippen MR) is 222 cm³/mol. The van der Waals surface area contributed by atoms with Crippen LogP contribution < -0.4 is 10.4 Å². The summed E-state index contributed by atoms with van der Waals surface area (Å²) >= 11 is 0. The van der Waals surface area contributed by atoms with E-state index in [-0.39, 0.29) is 0 Å². The molecule has 2 aromatic carbocycles. The van der Waals surface area contributed by atoms with Crippen LogP contribution in [-0.4, -0.2) is 93.3 Å². The summed E-state index contributed by atoms with van der Waals surface area (Å²) in [4.78, 5) is 0. The lowest BCUT2D eigenvalue weighted by molar-refractivity contribution is 0.168. The Morgan fingerprint density at radius 2 is 0.531 bits per heavy atom. The van der Waals surface area contributed by atoms with Gasteiger partial charge in [-0.25, -0.2) is 79.0 Å². The van der Waals surface area contributed by atoms with Crippen LogP contribution in [0.3, 0.4) is 0 Å². The maximum atomic E-state index is 16.8. The van der Waals surface area contributed by atoms with Crippen LogP contribution in [0.1, 0.15) is 0 Å². The fourth-order valence-corrected chi connectivity index (χ4v) is 42.9. The molecule has 0 aliphatic heterocycles. The van der Waals surface area contributed by atoms with Crippen molar-refractivity contribution in [3.05, 3.63) is 150 Å². The number of rotatable bonds is 24. The SMILES string of the molecule is FC(F)=C(F)[Si](C[Si](O[SiH3])(O[SiH3])c1c(F)c(F)c(F)c(F)c1F)(O[SiH3])O[Si](O[Si](O[SiH3])(O[Si](C(F)=C(F)F)(C(F)=C(F)F)C(F)=C(F)F)C(F)=C(F)F)(O[Si](C(F)=C(F)F)(C(F)=C(F)F)C(F)=C(F)F)c1c(F)c(F)c(F)c(F)c1F. The molecule has 0 aliphatic rings. The third-order valence-electron chi connectivity index (χ3n) is 9.76. The highest BCUT2D eigenvalue weighted by molar-refractivity contribution is 7.06. The average Bonchev–Trinajstić information content (AvgIpc) is 3.40. The number of halogens is 34. The van der Waals surface area contributed by atoms with E-state index >= 15 is 61.5 Å².